The van der Waals surface area contributed by atoms with Gasteiger partial charge >= 0.3 is 0 Å². The number of carbonyl (C=O) groups excluding carboxylic acids is 1. The molecule has 0 spiro atoms. The summed E-state index contributed by atoms with van der Waals surface area (Å²) in [4.78, 5) is 11.3. The van der Waals surface area contributed by atoms with Crippen molar-refractivity contribution in [1.29, 1.82) is 0 Å². The van der Waals surface area contributed by atoms with Gasteiger partial charge in [-0.15, -0.1) is 0 Å². The number of Topliss-reactive ketones (excluding diaryl/α,β-unsaturated/α-hetero) is 1. The first-order valence-electron chi connectivity index (χ1n) is 3.83. The van der Waals surface area contributed by atoms with Crippen LogP contribution in [-0.4, -0.2) is 5.78 Å². The summed E-state index contributed by atoms with van der Waals surface area (Å²) in [7, 11) is 1.87. The Hall–Kier alpha value is -0.700. The number of aryl methyl sites for hydroxylation is 1. The maximum absolute atomic E-state index is 11.3. The van der Waals surface area contributed by atoms with Crippen molar-refractivity contribution in [2.45, 2.75) is 13.3 Å². The van der Waals surface area contributed by atoms with Crippen LogP contribution in [0.25, 0.3) is 0 Å². The van der Waals surface area contributed by atoms with Gasteiger partial charge in [-0.05, 0) is 0 Å². The number of nitrogens with zero attached hydrogens (tertiary/aromatic N) is 1. The van der Waals surface area contributed by atoms with Gasteiger partial charge in [-0.25, -0.2) is 0 Å². The highest BCUT2D eigenvalue weighted by molar-refractivity contribution is 9.10. The van der Waals surface area contributed by atoms with Crippen molar-refractivity contribution in [2.75, 3.05) is 0 Å². The molecule has 3 heteroatoms. The lowest BCUT2D eigenvalue weighted by Crippen LogP contribution is -2.35. The molecule has 0 atom stereocenters. The third-order valence-corrected chi connectivity index (χ3v) is 2.21. The van der Waals surface area contributed by atoms with Crippen molar-refractivity contribution in [3.8, 4) is 0 Å². The van der Waals surface area contributed by atoms with Gasteiger partial charge in [0, 0.05) is 23.0 Å². The van der Waals surface area contributed by atoms with Crippen LogP contribution in [0.3, 0.4) is 0 Å². The van der Waals surface area contributed by atoms with E-state index in [1.165, 1.54) is 0 Å². The Morgan fingerprint density at radius 1 is 1.67 bits per heavy atom. The fraction of sp³-hybridized carbons (Fsp3) is 0.333. The van der Waals surface area contributed by atoms with Gasteiger partial charge in [0.25, 0.3) is 0 Å². The fourth-order valence-electron chi connectivity index (χ4n) is 1.00. The average molecular weight is 229 g/mol. The molecule has 0 fully saturated rings. The van der Waals surface area contributed by atoms with Crippen LogP contribution in [0, 0.1) is 0 Å². The van der Waals surface area contributed by atoms with Gasteiger partial charge in [-0.2, -0.15) is 4.57 Å². The number of aromatic nitrogens is 1. The Kier molecular flexibility index (Phi) is 2.98. The van der Waals surface area contributed by atoms with Crippen LogP contribution in [0.15, 0.2) is 22.8 Å². The number of hydrogen-bond donors (Lipinski definition) is 0. The second-order valence-electron chi connectivity index (χ2n) is 2.62. The summed E-state index contributed by atoms with van der Waals surface area (Å²) in [6.45, 7) is 1.86. The van der Waals surface area contributed by atoms with Crippen molar-refractivity contribution in [3.05, 3.63) is 28.5 Å². The van der Waals surface area contributed by atoms with E-state index in [9.17, 15) is 4.79 Å². The van der Waals surface area contributed by atoms with E-state index in [0.29, 0.717) is 6.42 Å². The zero-order valence-electron chi connectivity index (χ0n) is 7.17. The zero-order chi connectivity index (χ0) is 9.14. The molecule has 0 bridgehead atoms. The smallest absolute Gasteiger partial charge is 0.249 e. The average Bonchev–Trinajstić information content (AvgIpc) is 2.08. The van der Waals surface area contributed by atoms with E-state index in [1.54, 1.807) is 0 Å². The molecule has 0 saturated heterocycles. The van der Waals surface area contributed by atoms with E-state index in [-0.39, 0.29) is 5.78 Å². The van der Waals surface area contributed by atoms with E-state index in [0.717, 1.165) is 10.2 Å². The third kappa shape index (κ3) is 1.91. The summed E-state index contributed by atoms with van der Waals surface area (Å²) in [5.41, 5.74) is 0.742. The molecule has 1 rings (SSSR count). The van der Waals surface area contributed by atoms with Crippen molar-refractivity contribution >= 4 is 21.7 Å². The highest BCUT2D eigenvalue weighted by Gasteiger charge is 2.14. The molecular weight excluding hydrogens is 218 g/mol. The minimum absolute atomic E-state index is 0.166. The summed E-state index contributed by atoms with van der Waals surface area (Å²) in [5.74, 6) is 0.166. The number of carbonyl (C=O) groups is 1. The Morgan fingerprint density at radius 2 is 2.33 bits per heavy atom. The van der Waals surface area contributed by atoms with Crippen LogP contribution in [-0.2, 0) is 7.05 Å². The minimum Gasteiger partial charge on any atom is -0.287 e. The van der Waals surface area contributed by atoms with Crippen LogP contribution < -0.4 is 4.57 Å². The molecule has 0 N–H and O–H groups in total. The molecule has 0 amide bonds. The summed E-state index contributed by atoms with van der Waals surface area (Å²) in [5, 5.41) is 0. The van der Waals surface area contributed by atoms with Gasteiger partial charge in [0.1, 0.15) is 7.05 Å². The zero-order valence-corrected chi connectivity index (χ0v) is 8.76. The van der Waals surface area contributed by atoms with Gasteiger partial charge in [-0.3, -0.25) is 4.79 Å². The molecular formula is C9H11BrNO+. The molecule has 0 aliphatic heterocycles. The topological polar surface area (TPSA) is 20.9 Å². The monoisotopic (exact) mass is 228 g/mol. The second-order valence-corrected chi connectivity index (χ2v) is 3.53. The number of hydrogen-bond acceptors (Lipinski definition) is 1. The van der Waals surface area contributed by atoms with Gasteiger partial charge < -0.3 is 0 Å². The van der Waals surface area contributed by atoms with Gasteiger partial charge in [-0.1, -0.05) is 22.9 Å². The number of ketones is 1. The van der Waals surface area contributed by atoms with E-state index in [2.05, 4.69) is 15.9 Å². The molecule has 0 saturated carbocycles. The SMILES string of the molecule is CCC(=O)c1cc(Br)cc[n+]1C. The van der Waals surface area contributed by atoms with E-state index < -0.39 is 0 Å². The summed E-state index contributed by atoms with van der Waals surface area (Å²) in [6.07, 6.45) is 2.41. The predicted molar refractivity (Wildman–Crippen MR) is 49.9 cm³/mol. The lowest BCUT2D eigenvalue weighted by atomic mass is 10.2. The van der Waals surface area contributed by atoms with Crippen LogP contribution >= 0.6 is 15.9 Å². The normalized spacial score (nSPS) is 9.92. The molecule has 0 radical (unpaired) electrons. The van der Waals surface area contributed by atoms with Crippen LogP contribution in [0.1, 0.15) is 23.8 Å². The lowest BCUT2D eigenvalue weighted by molar-refractivity contribution is -0.673. The van der Waals surface area contributed by atoms with E-state index in [1.807, 2.05) is 36.9 Å². The molecule has 0 aromatic carbocycles. The second kappa shape index (κ2) is 3.81. The van der Waals surface area contributed by atoms with Crippen LogP contribution in [0.5, 0.6) is 0 Å². The largest absolute Gasteiger partial charge is 0.287 e. The minimum atomic E-state index is 0.166. The molecule has 64 valence electrons. The number of pyridine rings is 1. The van der Waals surface area contributed by atoms with Crippen molar-refractivity contribution < 1.29 is 9.36 Å². The first-order chi connectivity index (χ1) is 5.65. The quantitative estimate of drug-likeness (QED) is 0.560. The first-order valence-corrected chi connectivity index (χ1v) is 4.63. The van der Waals surface area contributed by atoms with Crippen LogP contribution in [0.4, 0.5) is 0 Å². The summed E-state index contributed by atoms with van der Waals surface area (Å²) in [6, 6.07) is 3.75. The maximum atomic E-state index is 11.3. The summed E-state index contributed by atoms with van der Waals surface area (Å²) < 4.78 is 2.77. The number of halogens is 1. The van der Waals surface area contributed by atoms with E-state index in [4.69, 9.17) is 0 Å². The standard InChI is InChI=1S/C9H11BrNO/c1-3-9(12)8-6-7(10)4-5-11(8)2/h4-6H,3H2,1-2H3/q+1. The first kappa shape index (κ1) is 9.39. The van der Waals surface area contributed by atoms with Crippen molar-refractivity contribution in [2.24, 2.45) is 7.05 Å². The van der Waals surface area contributed by atoms with Crippen molar-refractivity contribution in [1.82, 2.24) is 0 Å². The highest BCUT2D eigenvalue weighted by atomic mass is 79.9. The Labute approximate surface area is 80.3 Å². The molecule has 2 nitrogen and oxygen atoms in total. The molecule has 1 aromatic rings. The van der Waals surface area contributed by atoms with Crippen LogP contribution in [0.2, 0.25) is 0 Å². The van der Waals surface area contributed by atoms with Gasteiger partial charge in [0.05, 0.1) is 0 Å². The van der Waals surface area contributed by atoms with Gasteiger partial charge in [0.2, 0.25) is 11.5 Å². The number of rotatable bonds is 2. The molecule has 0 aliphatic carbocycles. The Balaban J connectivity index is 3.13. The summed E-state index contributed by atoms with van der Waals surface area (Å²) >= 11 is 3.33. The third-order valence-electron chi connectivity index (χ3n) is 1.72. The molecule has 0 aliphatic rings. The highest BCUT2D eigenvalue weighted by Crippen LogP contribution is 2.08. The molecule has 0 unspecified atom stereocenters. The predicted octanol–water partition coefficient (Wildman–Crippen LogP) is 1.87. The molecule has 1 aromatic heterocycles. The van der Waals surface area contributed by atoms with E-state index >= 15 is 0 Å². The van der Waals surface area contributed by atoms with Gasteiger partial charge in [0.15, 0.2) is 6.20 Å². The Morgan fingerprint density at radius 3 is 2.92 bits per heavy atom. The maximum Gasteiger partial charge on any atom is 0.249 e. The Bertz CT molecular complexity index is 309. The lowest BCUT2D eigenvalue weighted by Gasteiger charge is -1.96. The molecule has 12 heavy (non-hydrogen) atoms. The fourth-order valence-corrected chi connectivity index (χ4v) is 1.34. The van der Waals surface area contributed by atoms with Crippen molar-refractivity contribution in [3.63, 3.8) is 0 Å². The molecule has 1 heterocycles.